The second kappa shape index (κ2) is 7.89. The maximum Gasteiger partial charge on any atom is 0.128 e. The maximum absolute atomic E-state index is 5.68. The Morgan fingerprint density at radius 2 is 2.00 bits per heavy atom. The molecule has 0 aliphatic rings. The molecule has 0 spiro atoms. The van der Waals surface area contributed by atoms with E-state index in [4.69, 9.17) is 10.5 Å². The van der Waals surface area contributed by atoms with Crippen LogP contribution < -0.4 is 10.5 Å². The molecule has 5 heteroatoms. The van der Waals surface area contributed by atoms with Crippen molar-refractivity contribution in [2.45, 2.75) is 19.3 Å². The number of rotatable bonds is 6. The van der Waals surface area contributed by atoms with Crippen molar-refractivity contribution in [3.05, 3.63) is 50.0 Å². The molecule has 0 bridgehead atoms. The van der Waals surface area contributed by atoms with Crippen LogP contribution in [-0.4, -0.2) is 18.6 Å². The number of aromatic amines is 1. The number of benzene rings is 2. The molecular formula is C19H20BrIN2O. The molecule has 0 unspecified atom stereocenters. The van der Waals surface area contributed by atoms with Gasteiger partial charge in [-0.25, -0.2) is 0 Å². The van der Waals surface area contributed by atoms with Crippen LogP contribution in [-0.2, 0) is 6.42 Å². The highest BCUT2D eigenvalue weighted by molar-refractivity contribution is 14.1. The number of aryl methyl sites for hydroxylation is 1. The number of hydrogen-bond donors (Lipinski definition) is 2. The van der Waals surface area contributed by atoms with Gasteiger partial charge in [-0.2, -0.15) is 0 Å². The number of unbranched alkanes of at least 4 members (excludes halogenated alkanes) is 1. The van der Waals surface area contributed by atoms with Crippen molar-refractivity contribution in [2.24, 2.45) is 5.73 Å². The first kappa shape index (κ1) is 17.8. The first-order valence-electron chi connectivity index (χ1n) is 7.98. The first-order chi connectivity index (χ1) is 11.6. The van der Waals surface area contributed by atoms with Crippen LogP contribution in [0.15, 0.2) is 40.9 Å². The van der Waals surface area contributed by atoms with Gasteiger partial charge >= 0.3 is 0 Å². The first-order valence-corrected chi connectivity index (χ1v) is 9.85. The summed E-state index contributed by atoms with van der Waals surface area (Å²) in [5.74, 6) is 0.875. The van der Waals surface area contributed by atoms with Gasteiger partial charge in [0.15, 0.2) is 0 Å². The molecule has 3 N–H and O–H groups in total. The van der Waals surface area contributed by atoms with E-state index in [0.717, 1.165) is 52.8 Å². The van der Waals surface area contributed by atoms with Crippen LogP contribution in [0.2, 0.25) is 0 Å². The minimum Gasteiger partial charge on any atom is -0.496 e. The fourth-order valence-corrected chi connectivity index (χ4v) is 3.88. The molecule has 0 saturated carbocycles. The van der Waals surface area contributed by atoms with Crippen LogP contribution in [0.5, 0.6) is 5.75 Å². The zero-order valence-electron chi connectivity index (χ0n) is 13.5. The molecule has 126 valence electrons. The summed E-state index contributed by atoms with van der Waals surface area (Å²) in [6.45, 7) is 0.732. The third kappa shape index (κ3) is 3.63. The van der Waals surface area contributed by atoms with Crippen molar-refractivity contribution in [1.82, 2.24) is 4.98 Å². The molecule has 3 aromatic rings. The number of aromatic nitrogens is 1. The third-order valence-corrected chi connectivity index (χ3v) is 5.34. The smallest absolute Gasteiger partial charge is 0.128 e. The molecule has 3 nitrogen and oxygen atoms in total. The number of H-pyrrole nitrogens is 1. The molecule has 1 aromatic heterocycles. The molecular weight excluding hydrogens is 479 g/mol. The summed E-state index contributed by atoms with van der Waals surface area (Å²) < 4.78 is 7.88. The summed E-state index contributed by atoms with van der Waals surface area (Å²) in [6, 6.07) is 12.6. The third-order valence-electron chi connectivity index (χ3n) is 4.18. The lowest BCUT2D eigenvalue weighted by Gasteiger charge is -2.10. The van der Waals surface area contributed by atoms with Crippen molar-refractivity contribution in [3.63, 3.8) is 0 Å². The fraction of sp³-hybridized carbons (Fsp3) is 0.263. The van der Waals surface area contributed by atoms with Crippen LogP contribution in [0.3, 0.4) is 0 Å². The topological polar surface area (TPSA) is 51.0 Å². The normalized spacial score (nSPS) is 11.2. The standard InChI is InChI=1S/C19H20BrIN2O/c1-24-18-8-5-12(20)10-16(18)19-14(4-2-3-9-22)15-11-13(21)6-7-17(15)23-19/h5-8,10-11,23H,2-4,9,22H2,1H3. The van der Waals surface area contributed by atoms with Gasteiger partial charge in [0.1, 0.15) is 5.75 Å². The Hall–Kier alpha value is -1.05. The Balaban J connectivity index is 2.19. The van der Waals surface area contributed by atoms with E-state index < -0.39 is 0 Å². The van der Waals surface area contributed by atoms with Gasteiger partial charge in [-0.1, -0.05) is 15.9 Å². The molecule has 0 aliphatic heterocycles. The molecule has 0 aliphatic carbocycles. The minimum absolute atomic E-state index is 0.732. The van der Waals surface area contributed by atoms with Crippen LogP contribution in [0.25, 0.3) is 22.2 Å². The molecule has 0 radical (unpaired) electrons. The van der Waals surface area contributed by atoms with Gasteiger partial charge in [-0.3, -0.25) is 0 Å². The lowest BCUT2D eigenvalue weighted by molar-refractivity contribution is 0.416. The van der Waals surface area contributed by atoms with E-state index in [1.54, 1.807) is 7.11 Å². The van der Waals surface area contributed by atoms with Crippen molar-refractivity contribution in [3.8, 4) is 17.0 Å². The summed E-state index contributed by atoms with van der Waals surface area (Å²) >= 11 is 5.95. The second-order valence-electron chi connectivity index (χ2n) is 5.76. The second-order valence-corrected chi connectivity index (χ2v) is 7.92. The van der Waals surface area contributed by atoms with Gasteiger partial charge in [0.05, 0.1) is 12.8 Å². The molecule has 0 atom stereocenters. The largest absolute Gasteiger partial charge is 0.496 e. The van der Waals surface area contributed by atoms with E-state index in [2.05, 4.69) is 67.8 Å². The fourth-order valence-electron chi connectivity index (χ4n) is 3.03. The SMILES string of the molecule is COc1ccc(Br)cc1-c1[nH]c2ccc(I)cc2c1CCCCN. The van der Waals surface area contributed by atoms with Crippen LogP contribution in [0.4, 0.5) is 0 Å². The van der Waals surface area contributed by atoms with E-state index >= 15 is 0 Å². The Kier molecular flexibility index (Phi) is 5.84. The van der Waals surface area contributed by atoms with Crippen molar-refractivity contribution < 1.29 is 4.74 Å². The van der Waals surface area contributed by atoms with Crippen molar-refractivity contribution >= 4 is 49.4 Å². The molecule has 0 saturated heterocycles. The van der Waals surface area contributed by atoms with Crippen molar-refractivity contribution in [2.75, 3.05) is 13.7 Å². The molecule has 24 heavy (non-hydrogen) atoms. The number of hydrogen-bond acceptors (Lipinski definition) is 2. The van der Waals surface area contributed by atoms with Crippen LogP contribution in [0.1, 0.15) is 18.4 Å². The average molecular weight is 499 g/mol. The van der Waals surface area contributed by atoms with E-state index in [9.17, 15) is 0 Å². The number of nitrogens with one attached hydrogen (secondary N) is 1. The van der Waals surface area contributed by atoms with Gasteiger partial charge in [0.25, 0.3) is 0 Å². The van der Waals surface area contributed by atoms with E-state index in [-0.39, 0.29) is 0 Å². The zero-order chi connectivity index (χ0) is 17.1. The minimum atomic E-state index is 0.732. The highest BCUT2D eigenvalue weighted by Crippen LogP contribution is 2.38. The molecule has 3 rings (SSSR count). The lowest BCUT2D eigenvalue weighted by atomic mass is 10.00. The molecule has 2 aromatic carbocycles. The molecule has 0 amide bonds. The number of fused-ring (bicyclic) bond motifs is 1. The van der Waals surface area contributed by atoms with Crippen LogP contribution in [0, 0.1) is 3.57 Å². The lowest BCUT2D eigenvalue weighted by Crippen LogP contribution is -1.99. The Morgan fingerprint density at radius 1 is 1.17 bits per heavy atom. The summed E-state index contributed by atoms with van der Waals surface area (Å²) in [5, 5.41) is 1.29. The quantitative estimate of drug-likeness (QED) is 0.348. The predicted octanol–water partition coefficient (Wildman–Crippen LogP) is 5.49. The van der Waals surface area contributed by atoms with Crippen molar-refractivity contribution in [1.29, 1.82) is 0 Å². The number of halogens is 2. The summed E-state index contributed by atoms with van der Waals surface area (Å²) in [7, 11) is 1.71. The molecule has 0 fully saturated rings. The number of ether oxygens (including phenoxy) is 1. The number of methoxy groups -OCH3 is 1. The van der Waals surface area contributed by atoms with E-state index in [1.165, 1.54) is 14.5 Å². The van der Waals surface area contributed by atoms with E-state index in [1.807, 2.05) is 12.1 Å². The Labute approximate surface area is 164 Å². The van der Waals surface area contributed by atoms with E-state index in [0.29, 0.717) is 0 Å². The highest BCUT2D eigenvalue weighted by Gasteiger charge is 2.17. The van der Waals surface area contributed by atoms with Crippen LogP contribution >= 0.6 is 38.5 Å². The maximum atomic E-state index is 5.68. The zero-order valence-corrected chi connectivity index (χ0v) is 17.3. The summed E-state index contributed by atoms with van der Waals surface area (Å²) in [6.07, 6.45) is 3.12. The average Bonchev–Trinajstić information content (AvgIpc) is 2.93. The number of nitrogens with two attached hydrogens (primary N) is 1. The van der Waals surface area contributed by atoms with Gasteiger partial charge < -0.3 is 15.5 Å². The van der Waals surface area contributed by atoms with Gasteiger partial charge in [-0.15, -0.1) is 0 Å². The summed E-state index contributed by atoms with van der Waals surface area (Å²) in [5.41, 5.74) is 10.4. The Bertz CT molecular complexity index is 860. The van der Waals surface area contributed by atoms with Gasteiger partial charge in [0.2, 0.25) is 0 Å². The predicted molar refractivity (Wildman–Crippen MR) is 113 cm³/mol. The highest BCUT2D eigenvalue weighted by atomic mass is 127. The van der Waals surface area contributed by atoms with Gasteiger partial charge in [-0.05, 0) is 90.4 Å². The summed E-state index contributed by atoms with van der Waals surface area (Å²) in [4.78, 5) is 3.60. The monoisotopic (exact) mass is 498 g/mol. The molecule has 1 heterocycles. The van der Waals surface area contributed by atoms with Gasteiger partial charge in [0, 0.05) is 24.5 Å². The Morgan fingerprint density at radius 3 is 2.75 bits per heavy atom.